The monoisotopic (exact) mass is 234 g/mol. The Kier molecular flexibility index (Phi) is 3.03. The molecule has 2 N–H and O–H groups in total. The van der Waals surface area contributed by atoms with Crippen LogP contribution in [0.5, 0.6) is 0 Å². The van der Waals surface area contributed by atoms with Crippen molar-refractivity contribution >= 4 is 12.0 Å². The summed E-state index contributed by atoms with van der Waals surface area (Å²) in [5.74, 6) is 1.28. The van der Waals surface area contributed by atoms with E-state index in [0.29, 0.717) is 11.7 Å². The van der Waals surface area contributed by atoms with Gasteiger partial charge in [-0.2, -0.15) is 0 Å². The van der Waals surface area contributed by atoms with Gasteiger partial charge in [0, 0.05) is 23.2 Å². The van der Waals surface area contributed by atoms with E-state index in [1.165, 1.54) is 6.42 Å². The Labute approximate surface area is 94.0 Å². The molecule has 15 heavy (non-hydrogen) atoms. The molecule has 0 saturated heterocycles. The fourth-order valence-electron chi connectivity index (χ4n) is 3.53. The van der Waals surface area contributed by atoms with Crippen LogP contribution >= 0.6 is 12.0 Å². The zero-order valence-electron chi connectivity index (χ0n) is 9.10. The summed E-state index contributed by atoms with van der Waals surface area (Å²) in [5.41, 5.74) is 0.0685. The SMILES string of the molecule is CC1(C)C2CCC1(CSOOO)C(O)C2. The standard InChI is InChI=1S/C10H18O4S/c1-9(2)7-3-4-10(9,8(11)5-7)6-15-14-13-12/h7-8,11-12H,3-6H2,1-2H3. The van der Waals surface area contributed by atoms with Crippen LogP contribution in [0.2, 0.25) is 0 Å². The smallest absolute Gasteiger partial charge is 0.0613 e. The quantitative estimate of drug-likeness (QED) is 0.338. The highest BCUT2D eigenvalue weighted by Crippen LogP contribution is 2.66. The van der Waals surface area contributed by atoms with E-state index in [-0.39, 0.29) is 16.9 Å². The molecule has 0 spiro atoms. The molecule has 0 aromatic rings. The summed E-state index contributed by atoms with van der Waals surface area (Å²) < 4.78 is 4.44. The normalized spacial score (nSPS) is 42.4. The molecule has 2 fully saturated rings. The molecule has 0 aromatic heterocycles. The predicted octanol–water partition coefficient (Wildman–Crippen LogP) is 2.24. The second-order valence-electron chi connectivity index (χ2n) is 5.27. The number of aliphatic hydroxyl groups is 1. The molecule has 2 aliphatic rings. The van der Waals surface area contributed by atoms with E-state index in [0.717, 1.165) is 24.9 Å². The fourth-order valence-corrected chi connectivity index (χ4v) is 4.54. The molecule has 3 unspecified atom stereocenters. The molecule has 0 aromatic carbocycles. The van der Waals surface area contributed by atoms with Crippen LogP contribution < -0.4 is 0 Å². The lowest BCUT2D eigenvalue weighted by Gasteiger charge is -2.39. The van der Waals surface area contributed by atoms with Crippen molar-refractivity contribution in [2.24, 2.45) is 16.7 Å². The van der Waals surface area contributed by atoms with Gasteiger partial charge in [0.2, 0.25) is 0 Å². The fraction of sp³-hybridized carbons (Fsp3) is 1.00. The Hall–Kier alpha value is 0.190. The molecule has 0 aliphatic heterocycles. The largest absolute Gasteiger partial charge is 0.392 e. The van der Waals surface area contributed by atoms with E-state index in [1.807, 2.05) is 0 Å². The predicted molar refractivity (Wildman–Crippen MR) is 56.8 cm³/mol. The zero-order chi connectivity index (χ0) is 11.1. The first-order chi connectivity index (χ1) is 7.04. The van der Waals surface area contributed by atoms with Crippen molar-refractivity contribution in [1.29, 1.82) is 0 Å². The van der Waals surface area contributed by atoms with E-state index in [1.54, 1.807) is 0 Å². The summed E-state index contributed by atoms with van der Waals surface area (Å²) in [6.07, 6.45) is 2.87. The van der Waals surface area contributed by atoms with Crippen LogP contribution in [0, 0.1) is 16.7 Å². The van der Waals surface area contributed by atoms with Gasteiger partial charge in [-0.05, 0) is 30.6 Å². The highest BCUT2D eigenvalue weighted by Gasteiger charge is 2.63. The van der Waals surface area contributed by atoms with Crippen molar-refractivity contribution in [3.63, 3.8) is 0 Å². The summed E-state index contributed by atoms with van der Waals surface area (Å²) in [7, 11) is 0. The number of aliphatic hydroxyl groups excluding tert-OH is 1. The van der Waals surface area contributed by atoms with Gasteiger partial charge in [0.25, 0.3) is 0 Å². The lowest BCUT2D eigenvalue weighted by atomic mass is 9.70. The first kappa shape index (κ1) is 11.7. The molecule has 2 rings (SSSR count). The Morgan fingerprint density at radius 1 is 1.47 bits per heavy atom. The van der Waals surface area contributed by atoms with Gasteiger partial charge in [-0.3, -0.25) is 0 Å². The maximum absolute atomic E-state index is 10.1. The van der Waals surface area contributed by atoms with Crippen molar-refractivity contribution in [2.75, 3.05) is 5.75 Å². The average Bonchev–Trinajstić information content (AvgIpc) is 2.52. The molecule has 5 heteroatoms. The Morgan fingerprint density at radius 3 is 2.67 bits per heavy atom. The molecule has 2 saturated carbocycles. The highest BCUT2D eigenvalue weighted by atomic mass is 32.2. The van der Waals surface area contributed by atoms with Gasteiger partial charge >= 0.3 is 0 Å². The van der Waals surface area contributed by atoms with Crippen molar-refractivity contribution < 1.29 is 19.7 Å². The first-order valence-electron chi connectivity index (χ1n) is 5.32. The molecule has 0 heterocycles. The minimum atomic E-state index is -0.249. The minimum Gasteiger partial charge on any atom is -0.392 e. The summed E-state index contributed by atoms with van der Waals surface area (Å²) in [4.78, 5) is 0. The molecule has 3 atom stereocenters. The van der Waals surface area contributed by atoms with Crippen LogP contribution in [0.3, 0.4) is 0 Å². The highest BCUT2D eigenvalue weighted by molar-refractivity contribution is 7.94. The molecule has 0 amide bonds. The van der Waals surface area contributed by atoms with E-state index in [2.05, 4.69) is 23.2 Å². The second kappa shape index (κ2) is 3.89. The Bertz CT molecular complexity index is 246. The maximum Gasteiger partial charge on any atom is 0.0613 e. The Morgan fingerprint density at radius 2 is 2.20 bits per heavy atom. The molecular formula is C10H18O4S. The van der Waals surface area contributed by atoms with E-state index in [4.69, 9.17) is 5.26 Å². The van der Waals surface area contributed by atoms with Gasteiger partial charge in [0.05, 0.1) is 6.10 Å². The summed E-state index contributed by atoms with van der Waals surface area (Å²) in [6, 6.07) is 0. The van der Waals surface area contributed by atoms with Crippen LogP contribution in [0.4, 0.5) is 0 Å². The third kappa shape index (κ3) is 1.52. The maximum atomic E-state index is 10.1. The van der Waals surface area contributed by atoms with Gasteiger partial charge in [0.1, 0.15) is 0 Å². The molecular weight excluding hydrogens is 216 g/mol. The van der Waals surface area contributed by atoms with Crippen molar-refractivity contribution in [3.8, 4) is 0 Å². The van der Waals surface area contributed by atoms with Gasteiger partial charge in [-0.25, -0.2) is 5.26 Å². The number of hydrogen-bond donors (Lipinski definition) is 2. The van der Waals surface area contributed by atoms with Crippen molar-refractivity contribution in [2.45, 2.75) is 39.2 Å². The van der Waals surface area contributed by atoms with Crippen LogP contribution in [-0.4, -0.2) is 22.2 Å². The third-order valence-corrected chi connectivity index (χ3v) is 5.57. The van der Waals surface area contributed by atoms with E-state index < -0.39 is 0 Å². The van der Waals surface area contributed by atoms with E-state index in [9.17, 15) is 5.11 Å². The lowest BCUT2D eigenvalue weighted by Crippen LogP contribution is -2.41. The topological polar surface area (TPSA) is 58.9 Å². The summed E-state index contributed by atoms with van der Waals surface area (Å²) in [6.45, 7) is 4.45. The van der Waals surface area contributed by atoms with Gasteiger partial charge in [0.15, 0.2) is 0 Å². The van der Waals surface area contributed by atoms with Crippen molar-refractivity contribution in [1.82, 2.24) is 0 Å². The van der Waals surface area contributed by atoms with Crippen LogP contribution in [0.25, 0.3) is 0 Å². The van der Waals surface area contributed by atoms with Gasteiger partial charge in [-0.1, -0.05) is 18.9 Å². The zero-order valence-corrected chi connectivity index (χ0v) is 9.92. The number of hydrogen-bond acceptors (Lipinski definition) is 5. The van der Waals surface area contributed by atoms with Crippen LogP contribution in [0.1, 0.15) is 33.1 Å². The molecule has 88 valence electrons. The first-order valence-corrected chi connectivity index (χ1v) is 6.23. The second-order valence-corrected chi connectivity index (χ2v) is 5.93. The molecule has 0 radical (unpaired) electrons. The third-order valence-electron chi connectivity index (χ3n) is 4.78. The molecule has 2 aliphatic carbocycles. The summed E-state index contributed by atoms with van der Waals surface area (Å²) >= 11 is 1.07. The minimum absolute atomic E-state index is 0.0825. The van der Waals surface area contributed by atoms with Gasteiger partial charge < -0.3 is 5.11 Å². The lowest BCUT2D eigenvalue weighted by molar-refractivity contribution is -0.432. The average molecular weight is 234 g/mol. The van der Waals surface area contributed by atoms with Crippen LogP contribution in [0.15, 0.2) is 0 Å². The number of rotatable bonds is 4. The number of fused-ring (bicyclic) bond motifs is 2. The molecule has 2 bridgehead atoms. The van der Waals surface area contributed by atoms with Crippen LogP contribution in [-0.2, 0) is 9.37 Å². The molecule has 4 nitrogen and oxygen atoms in total. The summed E-state index contributed by atoms with van der Waals surface area (Å²) in [5, 5.41) is 21.8. The van der Waals surface area contributed by atoms with E-state index >= 15 is 0 Å². The van der Waals surface area contributed by atoms with Gasteiger partial charge in [-0.15, -0.1) is 4.33 Å². The Balaban J connectivity index is 2.09. The van der Waals surface area contributed by atoms with Crippen molar-refractivity contribution in [3.05, 3.63) is 0 Å².